The second kappa shape index (κ2) is 5.21. The minimum Gasteiger partial charge on any atom is -0.491 e. The Morgan fingerprint density at radius 1 is 1.57 bits per heavy atom. The van der Waals surface area contributed by atoms with Crippen LogP contribution in [-0.4, -0.2) is 19.9 Å². The molecule has 0 saturated heterocycles. The van der Waals surface area contributed by atoms with Gasteiger partial charge in [-0.25, -0.2) is 4.39 Å². The molecule has 1 aromatic carbocycles. The van der Waals surface area contributed by atoms with Crippen molar-refractivity contribution < 1.29 is 13.9 Å². The van der Waals surface area contributed by atoms with Gasteiger partial charge in [0.2, 0.25) is 0 Å². The summed E-state index contributed by atoms with van der Waals surface area (Å²) in [5, 5.41) is 2.81. The van der Waals surface area contributed by atoms with Gasteiger partial charge in [-0.3, -0.25) is 0 Å². The third-order valence-corrected chi connectivity index (χ3v) is 1.70. The maximum Gasteiger partial charge on any atom is 0.142 e. The smallest absolute Gasteiger partial charge is 0.142 e. The zero-order chi connectivity index (χ0) is 10.4. The highest BCUT2D eigenvalue weighted by molar-refractivity contribution is 5.56. The number of benzene rings is 1. The lowest BCUT2D eigenvalue weighted by atomic mass is 10.3. The maximum absolute atomic E-state index is 12.8. The standard InChI is InChI=1S/C10H12FNO2/c1-12-9-7-8(11)3-4-10(9)14-6-2-5-13/h3-5,7,12H,2,6H2,1H3. The van der Waals surface area contributed by atoms with E-state index in [4.69, 9.17) is 4.74 Å². The Morgan fingerprint density at radius 2 is 2.36 bits per heavy atom. The van der Waals surface area contributed by atoms with E-state index in [1.165, 1.54) is 18.2 Å². The van der Waals surface area contributed by atoms with Gasteiger partial charge in [-0.1, -0.05) is 0 Å². The molecule has 4 heteroatoms. The summed E-state index contributed by atoms with van der Waals surface area (Å²) in [7, 11) is 1.68. The highest BCUT2D eigenvalue weighted by Gasteiger charge is 2.02. The predicted octanol–water partition coefficient (Wildman–Crippen LogP) is 1.84. The van der Waals surface area contributed by atoms with Crippen molar-refractivity contribution >= 4 is 12.0 Å². The number of carbonyl (C=O) groups excluding carboxylic acids is 1. The van der Waals surface area contributed by atoms with Gasteiger partial charge in [0.05, 0.1) is 12.3 Å². The molecule has 76 valence electrons. The molecule has 14 heavy (non-hydrogen) atoms. The first-order valence-electron chi connectivity index (χ1n) is 4.31. The van der Waals surface area contributed by atoms with Crippen LogP contribution in [0, 0.1) is 5.82 Å². The minimum absolute atomic E-state index is 0.309. The van der Waals surface area contributed by atoms with E-state index in [9.17, 15) is 9.18 Å². The van der Waals surface area contributed by atoms with E-state index >= 15 is 0 Å². The van der Waals surface area contributed by atoms with Gasteiger partial charge in [0.25, 0.3) is 0 Å². The SMILES string of the molecule is CNc1cc(F)ccc1OCCC=O. The van der Waals surface area contributed by atoms with Crippen molar-refractivity contribution in [3.05, 3.63) is 24.0 Å². The average molecular weight is 197 g/mol. The van der Waals surface area contributed by atoms with Crippen molar-refractivity contribution in [2.45, 2.75) is 6.42 Å². The molecular weight excluding hydrogens is 185 g/mol. The molecule has 0 amide bonds. The summed E-state index contributed by atoms with van der Waals surface area (Å²) < 4.78 is 18.0. The summed E-state index contributed by atoms with van der Waals surface area (Å²) in [6.45, 7) is 0.309. The lowest BCUT2D eigenvalue weighted by molar-refractivity contribution is -0.108. The van der Waals surface area contributed by atoms with Gasteiger partial charge in [-0.15, -0.1) is 0 Å². The van der Waals surface area contributed by atoms with Crippen molar-refractivity contribution in [3.63, 3.8) is 0 Å². The number of ether oxygens (including phenoxy) is 1. The number of nitrogens with one attached hydrogen (secondary N) is 1. The molecule has 0 spiro atoms. The lowest BCUT2D eigenvalue weighted by Crippen LogP contribution is -2.01. The molecule has 0 radical (unpaired) electrons. The number of halogens is 1. The first-order valence-corrected chi connectivity index (χ1v) is 4.31. The Labute approximate surface area is 81.9 Å². The van der Waals surface area contributed by atoms with Crippen LogP contribution in [0.25, 0.3) is 0 Å². The van der Waals surface area contributed by atoms with Gasteiger partial charge in [-0.05, 0) is 12.1 Å². The molecule has 0 atom stereocenters. The van der Waals surface area contributed by atoms with Crippen LogP contribution in [0.15, 0.2) is 18.2 Å². The summed E-state index contributed by atoms with van der Waals surface area (Å²) in [5.74, 6) is 0.229. The Kier molecular flexibility index (Phi) is 3.91. The Hall–Kier alpha value is -1.58. The number of aldehydes is 1. The van der Waals surface area contributed by atoms with E-state index in [0.717, 1.165) is 6.29 Å². The topological polar surface area (TPSA) is 38.3 Å². The summed E-state index contributed by atoms with van der Waals surface area (Å²) in [4.78, 5) is 10.0. The average Bonchev–Trinajstić information content (AvgIpc) is 2.20. The monoisotopic (exact) mass is 197 g/mol. The Morgan fingerprint density at radius 3 is 3.00 bits per heavy atom. The molecule has 0 aliphatic heterocycles. The number of rotatable bonds is 5. The van der Waals surface area contributed by atoms with E-state index in [-0.39, 0.29) is 5.82 Å². The number of hydrogen-bond acceptors (Lipinski definition) is 3. The molecule has 0 saturated carbocycles. The Bertz CT molecular complexity index is 315. The quantitative estimate of drug-likeness (QED) is 0.578. The largest absolute Gasteiger partial charge is 0.491 e. The second-order valence-electron chi connectivity index (χ2n) is 2.69. The molecule has 0 aliphatic rings. The molecule has 0 bridgehead atoms. The van der Waals surface area contributed by atoms with E-state index in [0.29, 0.717) is 24.5 Å². The summed E-state index contributed by atoms with van der Waals surface area (Å²) in [5.41, 5.74) is 0.580. The zero-order valence-corrected chi connectivity index (χ0v) is 7.92. The number of anilines is 1. The van der Waals surface area contributed by atoms with Crippen LogP contribution in [0.4, 0.5) is 10.1 Å². The van der Waals surface area contributed by atoms with E-state index in [1.807, 2.05) is 0 Å². The summed E-state index contributed by atoms with van der Waals surface area (Å²) in [6, 6.07) is 4.19. The highest BCUT2D eigenvalue weighted by Crippen LogP contribution is 2.24. The molecule has 0 fully saturated rings. The van der Waals surface area contributed by atoms with Crippen molar-refractivity contribution in [1.29, 1.82) is 0 Å². The zero-order valence-electron chi connectivity index (χ0n) is 7.92. The van der Waals surface area contributed by atoms with E-state index in [2.05, 4.69) is 5.32 Å². The number of carbonyl (C=O) groups is 1. The molecule has 0 aromatic heterocycles. The third kappa shape index (κ3) is 2.73. The first-order chi connectivity index (χ1) is 6.77. The van der Waals surface area contributed by atoms with Crippen LogP contribution in [0.1, 0.15) is 6.42 Å². The normalized spacial score (nSPS) is 9.57. The Balaban J connectivity index is 2.69. The van der Waals surface area contributed by atoms with Crippen LogP contribution in [0.5, 0.6) is 5.75 Å². The van der Waals surface area contributed by atoms with Crippen molar-refractivity contribution in [3.8, 4) is 5.75 Å². The predicted molar refractivity (Wildman–Crippen MR) is 52.1 cm³/mol. The molecule has 0 heterocycles. The van der Waals surface area contributed by atoms with Gasteiger partial charge >= 0.3 is 0 Å². The van der Waals surface area contributed by atoms with Crippen molar-refractivity contribution in [1.82, 2.24) is 0 Å². The summed E-state index contributed by atoms with van der Waals surface area (Å²) in [6.07, 6.45) is 1.11. The molecule has 3 nitrogen and oxygen atoms in total. The lowest BCUT2D eigenvalue weighted by Gasteiger charge is -2.09. The fourth-order valence-electron chi connectivity index (χ4n) is 1.04. The molecule has 0 aliphatic carbocycles. The van der Waals surface area contributed by atoms with Gasteiger partial charge in [0, 0.05) is 19.5 Å². The number of hydrogen-bond donors (Lipinski definition) is 1. The fraction of sp³-hybridized carbons (Fsp3) is 0.300. The van der Waals surface area contributed by atoms with Crippen molar-refractivity contribution in [2.75, 3.05) is 19.0 Å². The third-order valence-electron chi connectivity index (χ3n) is 1.70. The molecule has 1 aromatic rings. The van der Waals surface area contributed by atoms with Gasteiger partial charge in [0.1, 0.15) is 17.9 Å². The van der Waals surface area contributed by atoms with Crippen LogP contribution < -0.4 is 10.1 Å². The molecular formula is C10H12FNO2. The summed E-state index contributed by atoms with van der Waals surface area (Å²) >= 11 is 0. The van der Waals surface area contributed by atoms with Gasteiger partial charge in [-0.2, -0.15) is 0 Å². The van der Waals surface area contributed by atoms with Crippen LogP contribution in [0.2, 0.25) is 0 Å². The first kappa shape index (κ1) is 10.5. The molecule has 0 unspecified atom stereocenters. The van der Waals surface area contributed by atoms with E-state index in [1.54, 1.807) is 7.05 Å². The molecule has 1 N–H and O–H groups in total. The van der Waals surface area contributed by atoms with Crippen LogP contribution in [-0.2, 0) is 4.79 Å². The highest BCUT2D eigenvalue weighted by atomic mass is 19.1. The van der Waals surface area contributed by atoms with Crippen LogP contribution in [0.3, 0.4) is 0 Å². The second-order valence-corrected chi connectivity index (χ2v) is 2.69. The van der Waals surface area contributed by atoms with Gasteiger partial charge in [0.15, 0.2) is 0 Å². The van der Waals surface area contributed by atoms with E-state index < -0.39 is 0 Å². The van der Waals surface area contributed by atoms with Crippen molar-refractivity contribution in [2.24, 2.45) is 0 Å². The van der Waals surface area contributed by atoms with Gasteiger partial charge < -0.3 is 14.8 Å². The van der Waals surface area contributed by atoms with Crippen LogP contribution >= 0.6 is 0 Å². The minimum atomic E-state index is -0.322. The molecule has 1 rings (SSSR count). The maximum atomic E-state index is 12.8. The fourth-order valence-corrected chi connectivity index (χ4v) is 1.04.